The van der Waals surface area contributed by atoms with Crippen LogP contribution >= 0.6 is 0 Å². The van der Waals surface area contributed by atoms with Gasteiger partial charge in [-0.25, -0.2) is 4.98 Å². The summed E-state index contributed by atoms with van der Waals surface area (Å²) < 4.78 is 1.70. The molecule has 1 unspecified atom stereocenters. The smallest absolute Gasteiger partial charge is 0.254 e. The van der Waals surface area contributed by atoms with E-state index < -0.39 is 0 Å². The molecule has 0 fully saturated rings. The van der Waals surface area contributed by atoms with E-state index in [4.69, 9.17) is 5.73 Å². The van der Waals surface area contributed by atoms with Gasteiger partial charge in [0.1, 0.15) is 12.1 Å². The highest BCUT2D eigenvalue weighted by molar-refractivity contribution is 5.46. The lowest BCUT2D eigenvalue weighted by atomic mass is 9.88. The number of anilines is 1. The van der Waals surface area contributed by atoms with Crippen molar-refractivity contribution in [1.29, 1.82) is 0 Å². The second kappa shape index (κ2) is 4.53. The van der Waals surface area contributed by atoms with Gasteiger partial charge in [0.05, 0.1) is 5.54 Å². The van der Waals surface area contributed by atoms with Gasteiger partial charge in [0.25, 0.3) is 5.78 Å². The molecule has 0 radical (unpaired) electrons. The lowest BCUT2D eigenvalue weighted by Gasteiger charge is -2.34. The standard InChI is InChI=1S/C12H20N6/c1-8(2)12(4,6-13)17-10-5-9(3)16-11-14-7-15-18(10)11/h5,7-8,17H,6,13H2,1-4H3. The number of nitrogens with one attached hydrogen (secondary N) is 1. The molecular weight excluding hydrogens is 228 g/mol. The Morgan fingerprint density at radius 1 is 1.50 bits per heavy atom. The third kappa shape index (κ3) is 2.15. The first-order valence-corrected chi connectivity index (χ1v) is 6.12. The predicted molar refractivity (Wildman–Crippen MR) is 71.4 cm³/mol. The van der Waals surface area contributed by atoms with Crippen molar-refractivity contribution < 1.29 is 0 Å². The molecule has 1 atom stereocenters. The predicted octanol–water partition coefficient (Wildman–Crippen LogP) is 1.22. The Hall–Kier alpha value is -1.69. The maximum atomic E-state index is 5.89. The van der Waals surface area contributed by atoms with Gasteiger partial charge >= 0.3 is 0 Å². The van der Waals surface area contributed by atoms with E-state index in [1.165, 1.54) is 6.33 Å². The molecule has 0 bridgehead atoms. The monoisotopic (exact) mass is 248 g/mol. The Bertz CT molecular complexity index is 546. The average molecular weight is 248 g/mol. The van der Waals surface area contributed by atoms with Gasteiger partial charge in [-0.1, -0.05) is 13.8 Å². The summed E-state index contributed by atoms with van der Waals surface area (Å²) in [4.78, 5) is 8.43. The van der Waals surface area contributed by atoms with Crippen molar-refractivity contribution in [1.82, 2.24) is 19.6 Å². The van der Waals surface area contributed by atoms with Gasteiger partial charge in [0, 0.05) is 18.3 Å². The zero-order valence-corrected chi connectivity index (χ0v) is 11.3. The van der Waals surface area contributed by atoms with Gasteiger partial charge in [-0.2, -0.15) is 14.6 Å². The molecule has 6 heteroatoms. The van der Waals surface area contributed by atoms with Crippen LogP contribution in [0.4, 0.5) is 5.82 Å². The van der Waals surface area contributed by atoms with Crippen LogP contribution in [0.5, 0.6) is 0 Å². The fourth-order valence-corrected chi connectivity index (χ4v) is 1.74. The summed E-state index contributed by atoms with van der Waals surface area (Å²) in [6, 6.07) is 1.96. The molecule has 18 heavy (non-hydrogen) atoms. The van der Waals surface area contributed by atoms with Crippen molar-refractivity contribution in [2.45, 2.75) is 33.2 Å². The molecule has 98 valence electrons. The van der Waals surface area contributed by atoms with E-state index in [1.54, 1.807) is 4.52 Å². The molecule has 2 aromatic rings. The molecule has 2 heterocycles. The zero-order chi connectivity index (χ0) is 13.3. The van der Waals surface area contributed by atoms with Gasteiger partial charge in [0.2, 0.25) is 0 Å². The topological polar surface area (TPSA) is 81.1 Å². The van der Waals surface area contributed by atoms with E-state index in [2.05, 4.69) is 41.2 Å². The Balaban J connectivity index is 2.45. The fourth-order valence-electron chi connectivity index (χ4n) is 1.74. The van der Waals surface area contributed by atoms with Crippen LogP contribution in [0.15, 0.2) is 12.4 Å². The van der Waals surface area contributed by atoms with Gasteiger partial charge < -0.3 is 11.1 Å². The Labute approximate surface area is 107 Å². The number of aromatic nitrogens is 4. The fraction of sp³-hybridized carbons (Fsp3) is 0.583. The number of hydrogen-bond acceptors (Lipinski definition) is 5. The van der Waals surface area contributed by atoms with Crippen LogP contribution in [-0.4, -0.2) is 31.7 Å². The van der Waals surface area contributed by atoms with Crippen LogP contribution in [0.1, 0.15) is 26.5 Å². The third-order valence-electron chi connectivity index (χ3n) is 3.49. The number of aryl methyl sites for hydroxylation is 1. The van der Waals surface area contributed by atoms with Gasteiger partial charge in [-0.3, -0.25) is 0 Å². The van der Waals surface area contributed by atoms with Crippen LogP contribution in [0.2, 0.25) is 0 Å². The lowest BCUT2D eigenvalue weighted by molar-refractivity contribution is 0.380. The maximum absolute atomic E-state index is 5.89. The first kappa shape index (κ1) is 12.8. The minimum atomic E-state index is -0.188. The minimum Gasteiger partial charge on any atom is -0.363 e. The Morgan fingerprint density at radius 2 is 2.22 bits per heavy atom. The van der Waals surface area contributed by atoms with Gasteiger partial charge in [-0.15, -0.1) is 0 Å². The van der Waals surface area contributed by atoms with E-state index in [0.29, 0.717) is 18.2 Å². The molecule has 0 aromatic carbocycles. The molecule has 0 aliphatic carbocycles. The zero-order valence-electron chi connectivity index (χ0n) is 11.3. The summed E-state index contributed by atoms with van der Waals surface area (Å²) in [6.45, 7) is 8.88. The van der Waals surface area contributed by atoms with Crippen molar-refractivity contribution in [3.63, 3.8) is 0 Å². The van der Waals surface area contributed by atoms with Crippen LogP contribution in [0.3, 0.4) is 0 Å². The molecule has 0 amide bonds. The number of rotatable bonds is 4. The molecule has 2 aromatic heterocycles. The van der Waals surface area contributed by atoms with E-state index in [0.717, 1.165) is 11.5 Å². The molecule has 0 spiro atoms. The number of nitrogens with zero attached hydrogens (tertiary/aromatic N) is 4. The maximum Gasteiger partial charge on any atom is 0.254 e. The van der Waals surface area contributed by atoms with Crippen molar-refractivity contribution in [2.75, 3.05) is 11.9 Å². The minimum absolute atomic E-state index is 0.188. The molecule has 0 aliphatic heterocycles. The molecule has 6 nitrogen and oxygen atoms in total. The average Bonchev–Trinajstić information content (AvgIpc) is 2.76. The molecule has 0 aliphatic rings. The molecule has 0 saturated carbocycles. The Morgan fingerprint density at radius 3 is 2.83 bits per heavy atom. The van der Waals surface area contributed by atoms with E-state index in [1.807, 2.05) is 13.0 Å². The second-order valence-electron chi connectivity index (χ2n) is 5.16. The van der Waals surface area contributed by atoms with Crippen molar-refractivity contribution >= 4 is 11.6 Å². The third-order valence-corrected chi connectivity index (χ3v) is 3.49. The quantitative estimate of drug-likeness (QED) is 0.850. The molecular formula is C12H20N6. The first-order chi connectivity index (χ1) is 8.46. The summed E-state index contributed by atoms with van der Waals surface area (Å²) >= 11 is 0. The highest BCUT2D eigenvalue weighted by Crippen LogP contribution is 2.22. The highest BCUT2D eigenvalue weighted by Gasteiger charge is 2.27. The van der Waals surface area contributed by atoms with Crippen molar-refractivity contribution in [2.24, 2.45) is 11.7 Å². The number of fused-ring (bicyclic) bond motifs is 1. The van der Waals surface area contributed by atoms with Gasteiger partial charge in [-0.05, 0) is 19.8 Å². The lowest BCUT2D eigenvalue weighted by Crippen LogP contribution is -2.47. The Kier molecular flexibility index (Phi) is 3.21. The summed E-state index contributed by atoms with van der Waals surface area (Å²) in [7, 11) is 0. The largest absolute Gasteiger partial charge is 0.363 e. The van der Waals surface area contributed by atoms with Crippen molar-refractivity contribution in [3.05, 3.63) is 18.1 Å². The number of nitrogens with two attached hydrogens (primary N) is 1. The van der Waals surface area contributed by atoms with Crippen LogP contribution < -0.4 is 11.1 Å². The first-order valence-electron chi connectivity index (χ1n) is 6.12. The van der Waals surface area contributed by atoms with Crippen LogP contribution in [-0.2, 0) is 0 Å². The summed E-state index contributed by atoms with van der Waals surface area (Å²) in [5.41, 5.74) is 6.61. The van der Waals surface area contributed by atoms with Crippen LogP contribution in [0, 0.1) is 12.8 Å². The second-order valence-corrected chi connectivity index (χ2v) is 5.16. The van der Waals surface area contributed by atoms with Crippen molar-refractivity contribution in [3.8, 4) is 0 Å². The van der Waals surface area contributed by atoms with Gasteiger partial charge in [0.15, 0.2) is 0 Å². The van der Waals surface area contributed by atoms with E-state index >= 15 is 0 Å². The molecule has 3 N–H and O–H groups in total. The summed E-state index contributed by atoms with van der Waals surface area (Å²) in [6.07, 6.45) is 1.50. The SMILES string of the molecule is Cc1cc(NC(C)(CN)C(C)C)n2ncnc2n1. The number of hydrogen-bond donors (Lipinski definition) is 2. The highest BCUT2D eigenvalue weighted by atomic mass is 15.4. The van der Waals surface area contributed by atoms with Crippen LogP contribution in [0.25, 0.3) is 5.78 Å². The van der Waals surface area contributed by atoms with E-state index in [9.17, 15) is 0 Å². The molecule has 2 rings (SSSR count). The normalized spacial score (nSPS) is 15.0. The summed E-state index contributed by atoms with van der Waals surface area (Å²) in [5.74, 6) is 1.87. The summed E-state index contributed by atoms with van der Waals surface area (Å²) in [5, 5.41) is 7.65. The molecule has 0 saturated heterocycles. The van der Waals surface area contributed by atoms with E-state index in [-0.39, 0.29) is 5.54 Å².